The maximum atomic E-state index is 12.3. The zero-order valence-electron chi connectivity index (χ0n) is 11.9. The van der Waals surface area contributed by atoms with E-state index in [9.17, 15) is 4.79 Å². The van der Waals surface area contributed by atoms with Crippen LogP contribution < -0.4 is 5.32 Å². The Balaban J connectivity index is 1.58. The van der Waals surface area contributed by atoms with Gasteiger partial charge >= 0.3 is 0 Å². The summed E-state index contributed by atoms with van der Waals surface area (Å²) >= 11 is 0. The van der Waals surface area contributed by atoms with Crippen LogP contribution in [0.1, 0.15) is 30.3 Å². The van der Waals surface area contributed by atoms with Crippen LogP contribution in [0.2, 0.25) is 0 Å². The highest BCUT2D eigenvalue weighted by molar-refractivity contribution is 5.92. The molecule has 0 spiro atoms. The number of amides is 1. The predicted molar refractivity (Wildman–Crippen MR) is 76.7 cm³/mol. The number of anilines is 1. The van der Waals surface area contributed by atoms with Crippen molar-refractivity contribution < 1.29 is 4.79 Å². The maximum Gasteiger partial charge on any atom is 0.274 e. The molecule has 0 aromatic carbocycles. The topological polar surface area (TPSA) is 61.4 Å². The van der Waals surface area contributed by atoms with Crippen LogP contribution in [0.3, 0.4) is 0 Å². The van der Waals surface area contributed by atoms with E-state index >= 15 is 0 Å². The fourth-order valence-electron chi connectivity index (χ4n) is 2.60. The summed E-state index contributed by atoms with van der Waals surface area (Å²) in [6, 6.07) is 0.784. The smallest absolute Gasteiger partial charge is 0.274 e. The van der Waals surface area contributed by atoms with E-state index in [-0.39, 0.29) is 5.91 Å². The Kier molecular flexibility index (Phi) is 3.82. The molecule has 2 fully saturated rings. The van der Waals surface area contributed by atoms with E-state index in [1.54, 1.807) is 12.4 Å². The van der Waals surface area contributed by atoms with Crippen LogP contribution in [-0.4, -0.2) is 64.4 Å². The monoisotopic (exact) mass is 275 g/mol. The summed E-state index contributed by atoms with van der Waals surface area (Å²) in [7, 11) is 0. The van der Waals surface area contributed by atoms with Crippen molar-refractivity contribution in [3.63, 3.8) is 0 Å². The number of nitrogens with zero attached hydrogens (tertiary/aromatic N) is 4. The molecule has 6 nitrogen and oxygen atoms in total. The minimum atomic E-state index is -0.00371. The highest BCUT2D eigenvalue weighted by atomic mass is 16.2. The van der Waals surface area contributed by atoms with Crippen LogP contribution in [0.5, 0.6) is 0 Å². The van der Waals surface area contributed by atoms with E-state index in [4.69, 9.17) is 0 Å². The molecule has 2 heterocycles. The Morgan fingerprint density at radius 1 is 1.25 bits per heavy atom. The van der Waals surface area contributed by atoms with Crippen LogP contribution in [0.25, 0.3) is 0 Å². The molecule has 0 radical (unpaired) electrons. The molecule has 0 bridgehead atoms. The molecule has 0 atom stereocenters. The van der Waals surface area contributed by atoms with Crippen molar-refractivity contribution in [3.05, 3.63) is 18.1 Å². The lowest BCUT2D eigenvalue weighted by Crippen LogP contribution is -2.49. The molecular formula is C14H21N5O. The molecule has 6 heteroatoms. The van der Waals surface area contributed by atoms with E-state index in [0.717, 1.165) is 38.8 Å². The molecule has 108 valence electrons. The van der Waals surface area contributed by atoms with Gasteiger partial charge in [-0.1, -0.05) is 0 Å². The SMILES string of the molecule is CCNc1cnc(C(=O)N2CCN(C3CC3)CC2)cn1. The third-order valence-electron chi connectivity index (χ3n) is 3.89. The zero-order chi connectivity index (χ0) is 13.9. The minimum absolute atomic E-state index is 0.00371. The first kappa shape index (κ1) is 13.3. The van der Waals surface area contributed by atoms with Crippen LogP contribution in [0.15, 0.2) is 12.4 Å². The largest absolute Gasteiger partial charge is 0.369 e. The molecule has 0 unspecified atom stereocenters. The molecule has 1 amide bonds. The highest BCUT2D eigenvalue weighted by Crippen LogP contribution is 2.27. The van der Waals surface area contributed by atoms with Crippen molar-refractivity contribution in [2.24, 2.45) is 0 Å². The van der Waals surface area contributed by atoms with Crippen molar-refractivity contribution in [3.8, 4) is 0 Å². The van der Waals surface area contributed by atoms with Gasteiger partial charge in [-0.2, -0.15) is 0 Å². The number of nitrogens with one attached hydrogen (secondary N) is 1. The first-order chi connectivity index (χ1) is 9.78. The summed E-state index contributed by atoms with van der Waals surface area (Å²) in [5, 5.41) is 3.07. The number of piperazine rings is 1. The lowest BCUT2D eigenvalue weighted by molar-refractivity contribution is 0.0621. The number of aromatic nitrogens is 2. The Morgan fingerprint density at radius 3 is 2.55 bits per heavy atom. The minimum Gasteiger partial charge on any atom is -0.369 e. The fourth-order valence-corrected chi connectivity index (χ4v) is 2.60. The summed E-state index contributed by atoms with van der Waals surface area (Å²) < 4.78 is 0. The summed E-state index contributed by atoms with van der Waals surface area (Å²) in [6.45, 7) is 6.36. The first-order valence-corrected chi connectivity index (χ1v) is 7.37. The lowest BCUT2D eigenvalue weighted by Gasteiger charge is -2.34. The standard InChI is InChI=1S/C14H21N5O/c1-2-15-13-10-16-12(9-17-13)14(20)19-7-5-18(6-8-19)11-3-4-11/h9-11H,2-8H2,1H3,(H,15,17). The van der Waals surface area contributed by atoms with Crippen LogP contribution in [0.4, 0.5) is 5.82 Å². The van der Waals surface area contributed by atoms with Crippen molar-refractivity contribution in [2.45, 2.75) is 25.8 Å². The number of hydrogen-bond acceptors (Lipinski definition) is 5. The first-order valence-electron chi connectivity index (χ1n) is 7.37. The fraction of sp³-hybridized carbons (Fsp3) is 0.643. The van der Waals surface area contributed by atoms with Crippen molar-refractivity contribution in [1.29, 1.82) is 0 Å². The second-order valence-electron chi connectivity index (χ2n) is 5.38. The molecule has 1 aromatic heterocycles. The molecule has 1 aliphatic heterocycles. The van der Waals surface area contributed by atoms with Gasteiger partial charge in [0.05, 0.1) is 12.4 Å². The van der Waals surface area contributed by atoms with Gasteiger partial charge in [0.15, 0.2) is 0 Å². The number of rotatable bonds is 4. The van der Waals surface area contributed by atoms with E-state index in [0.29, 0.717) is 11.5 Å². The normalized spacial score (nSPS) is 19.9. The van der Waals surface area contributed by atoms with E-state index in [2.05, 4.69) is 20.2 Å². The second kappa shape index (κ2) is 5.75. The lowest BCUT2D eigenvalue weighted by atomic mass is 10.2. The molecule has 20 heavy (non-hydrogen) atoms. The van der Waals surface area contributed by atoms with Crippen LogP contribution in [0, 0.1) is 0 Å². The zero-order valence-corrected chi connectivity index (χ0v) is 11.9. The van der Waals surface area contributed by atoms with Gasteiger partial charge < -0.3 is 10.2 Å². The van der Waals surface area contributed by atoms with Crippen molar-refractivity contribution in [1.82, 2.24) is 19.8 Å². The molecule has 1 aromatic rings. The van der Waals surface area contributed by atoms with Gasteiger partial charge in [0.25, 0.3) is 5.91 Å². The molecular weight excluding hydrogens is 254 g/mol. The molecule has 1 aliphatic carbocycles. The van der Waals surface area contributed by atoms with Gasteiger partial charge in [-0.15, -0.1) is 0 Å². The Morgan fingerprint density at radius 2 is 2.00 bits per heavy atom. The average Bonchev–Trinajstić information content (AvgIpc) is 3.33. The molecule has 3 rings (SSSR count). The van der Waals surface area contributed by atoms with Gasteiger partial charge in [0.1, 0.15) is 11.5 Å². The van der Waals surface area contributed by atoms with E-state index in [1.807, 2.05) is 11.8 Å². The molecule has 2 aliphatic rings. The highest BCUT2D eigenvalue weighted by Gasteiger charge is 2.32. The number of carbonyl (C=O) groups is 1. The van der Waals surface area contributed by atoms with Crippen molar-refractivity contribution in [2.75, 3.05) is 38.0 Å². The third kappa shape index (κ3) is 2.90. The summed E-state index contributed by atoms with van der Waals surface area (Å²) in [4.78, 5) is 25.1. The van der Waals surface area contributed by atoms with Crippen molar-refractivity contribution >= 4 is 11.7 Å². The predicted octanol–water partition coefficient (Wildman–Crippen LogP) is 0.829. The Bertz CT molecular complexity index is 463. The van der Waals surface area contributed by atoms with Crippen LogP contribution >= 0.6 is 0 Å². The number of carbonyl (C=O) groups excluding carboxylic acids is 1. The quantitative estimate of drug-likeness (QED) is 0.882. The summed E-state index contributed by atoms with van der Waals surface area (Å²) in [5.74, 6) is 0.707. The molecule has 1 saturated heterocycles. The van der Waals surface area contributed by atoms with Gasteiger partial charge in [0, 0.05) is 38.8 Å². The maximum absolute atomic E-state index is 12.3. The van der Waals surface area contributed by atoms with Gasteiger partial charge in [-0.3, -0.25) is 9.69 Å². The van der Waals surface area contributed by atoms with E-state index in [1.165, 1.54) is 12.8 Å². The van der Waals surface area contributed by atoms with Crippen LogP contribution in [-0.2, 0) is 0 Å². The third-order valence-corrected chi connectivity index (χ3v) is 3.89. The Hall–Kier alpha value is -1.69. The second-order valence-corrected chi connectivity index (χ2v) is 5.38. The Labute approximate surface area is 119 Å². The van der Waals surface area contributed by atoms with Gasteiger partial charge in [0.2, 0.25) is 0 Å². The average molecular weight is 275 g/mol. The van der Waals surface area contributed by atoms with E-state index < -0.39 is 0 Å². The summed E-state index contributed by atoms with van der Waals surface area (Å²) in [6.07, 6.45) is 5.83. The molecule has 1 saturated carbocycles. The summed E-state index contributed by atoms with van der Waals surface area (Å²) in [5.41, 5.74) is 0.437. The van der Waals surface area contributed by atoms with Gasteiger partial charge in [-0.25, -0.2) is 9.97 Å². The number of hydrogen-bond donors (Lipinski definition) is 1. The molecule has 1 N–H and O–H groups in total. The van der Waals surface area contributed by atoms with Gasteiger partial charge in [-0.05, 0) is 19.8 Å².